The normalized spacial score (nSPS) is 12.2. The van der Waals surface area contributed by atoms with Gasteiger partial charge in [0.05, 0.1) is 4.90 Å². The predicted octanol–water partition coefficient (Wildman–Crippen LogP) is 4.10. The Hall–Kier alpha value is -2.29. The van der Waals surface area contributed by atoms with Crippen LogP contribution in [0.4, 0.5) is 5.13 Å². The summed E-state index contributed by atoms with van der Waals surface area (Å²) >= 11 is 2.87. The molecule has 3 rings (SSSR count). The van der Waals surface area contributed by atoms with E-state index in [9.17, 15) is 13.2 Å². The largest absolute Gasteiger partial charge is 0.298 e. The number of nitrogens with one attached hydrogen (secondary N) is 1. The molecule has 2 aromatic heterocycles. The van der Waals surface area contributed by atoms with Gasteiger partial charge in [-0.3, -0.25) is 10.1 Å². The Morgan fingerprint density at radius 1 is 1.12 bits per heavy atom. The molecular weight excluding hydrogens is 388 g/mol. The van der Waals surface area contributed by atoms with Crippen LogP contribution in [-0.4, -0.2) is 25.6 Å². The minimum absolute atomic E-state index is 0.216. The molecule has 0 aliphatic heterocycles. The zero-order valence-corrected chi connectivity index (χ0v) is 16.5. The number of aromatic nitrogens is 1. The average Bonchev–Trinajstić information content (AvgIpc) is 3.24. The Morgan fingerprint density at radius 2 is 1.85 bits per heavy atom. The number of thiophene rings is 1. The first-order valence-corrected chi connectivity index (χ1v) is 11.3. The number of hydrogen-bond donors (Lipinski definition) is 1. The second-order valence-corrected chi connectivity index (χ2v) is 9.47. The van der Waals surface area contributed by atoms with Crippen LogP contribution >= 0.6 is 22.7 Å². The number of anilines is 1. The quantitative estimate of drug-likeness (QED) is 0.650. The zero-order chi connectivity index (χ0) is 18.7. The van der Waals surface area contributed by atoms with Crippen LogP contribution in [0.5, 0.6) is 0 Å². The van der Waals surface area contributed by atoms with Crippen molar-refractivity contribution in [3.63, 3.8) is 0 Å². The number of sulfone groups is 1. The van der Waals surface area contributed by atoms with Crippen LogP contribution < -0.4 is 5.32 Å². The second kappa shape index (κ2) is 7.53. The van der Waals surface area contributed by atoms with Crippen molar-refractivity contribution in [2.75, 3.05) is 11.6 Å². The minimum Gasteiger partial charge on any atom is -0.298 e. The SMILES string of the molecule is Cc1ccsc1C=C(C(=O)Nc1nccs1)c1ccc(S(C)(=O)=O)cc1. The van der Waals surface area contributed by atoms with E-state index in [1.54, 1.807) is 35.0 Å². The number of hydrogen-bond acceptors (Lipinski definition) is 6. The number of benzene rings is 1. The molecule has 0 fully saturated rings. The molecular formula is C18H16N2O3S3. The number of nitrogens with zero attached hydrogens (tertiary/aromatic N) is 1. The highest BCUT2D eigenvalue weighted by atomic mass is 32.2. The third-order valence-electron chi connectivity index (χ3n) is 3.67. The molecule has 0 saturated heterocycles. The van der Waals surface area contributed by atoms with E-state index >= 15 is 0 Å². The molecule has 134 valence electrons. The van der Waals surface area contributed by atoms with Gasteiger partial charge in [0.25, 0.3) is 5.91 Å². The fourth-order valence-electron chi connectivity index (χ4n) is 2.27. The van der Waals surface area contributed by atoms with Gasteiger partial charge in [0, 0.05) is 28.3 Å². The molecule has 1 aromatic carbocycles. The molecule has 0 bridgehead atoms. The maximum atomic E-state index is 12.8. The summed E-state index contributed by atoms with van der Waals surface area (Å²) in [4.78, 5) is 18.1. The lowest BCUT2D eigenvalue weighted by atomic mass is 10.0. The highest BCUT2D eigenvalue weighted by Gasteiger charge is 2.16. The van der Waals surface area contributed by atoms with Gasteiger partial charge in [0.2, 0.25) is 0 Å². The van der Waals surface area contributed by atoms with Gasteiger partial charge in [-0.15, -0.1) is 22.7 Å². The van der Waals surface area contributed by atoms with Gasteiger partial charge in [-0.25, -0.2) is 13.4 Å². The Balaban J connectivity index is 2.01. The molecule has 3 aromatic rings. The minimum atomic E-state index is -3.29. The van der Waals surface area contributed by atoms with E-state index in [4.69, 9.17) is 0 Å². The fraction of sp³-hybridized carbons (Fsp3) is 0.111. The van der Waals surface area contributed by atoms with Gasteiger partial charge >= 0.3 is 0 Å². The first-order valence-electron chi connectivity index (χ1n) is 7.62. The van der Waals surface area contributed by atoms with Crippen molar-refractivity contribution in [2.24, 2.45) is 0 Å². The van der Waals surface area contributed by atoms with E-state index in [1.165, 1.54) is 23.5 Å². The molecule has 1 amide bonds. The number of carbonyl (C=O) groups is 1. The fourth-order valence-corrected chi connectivity index (χ4v) is 4.29. The summed E-state index contributed by atoms with van der Waals surface area (Å²) < 4.78 is 23.3. The molecule has 0 spiro atoms. The number of thiazole rings is 1. The molecule has 2 heterocycles. The zero-order valence-electron chi connectivity index (χ0n) is 14.1. The van der Waals surface area contributed by atoms with E-state index < -0.39 is 9.84 Å². The van der Waals surface area contributed by atoms with E-state index in [-0.39, 0.29) is 10.8 Å². The predicted molar refractivity (Wildman–Crippen MR) is 107 cm³/mol. The molecule has 0 radical (unpaired) electrons. The maximum Gasteiger partial charge on any atom is 0.258 e. The van der Waals surface area contributed by atoms with E-state index in [2.05, 4.69) is 10.3 Å². The van der Waals surface area contributed by atoms with Crippen molar-refractivity contribution in [3.8, 4) is 0 Å². The highest BCUT2D eigenvalue weighted by Crippen LogP contribution is 2.26. The molecule has 0 unspecified atom stereocenters. The number of amides is 1. The van der Waals surface area contributed by atoms with Crippen LogP contribution in [0.1, 0.15) is 16.0 Å². The number of carbonyl (C=O) groups excluding carboxylic acids is 1. The van der Waals surface area contributed by atoms with Crippen molar-refractivity contribution in [3.05, 3.63) is 63.3 Å². The third-order valence-corrected chi connectivity index (χ3v) is 6.45. The monoisotopic (exact) mass is 404 g/mol. The summed E-state index contributed by atoms with van der Waals surface area (Å²) in [6.07, 6.45) is 4.59. The lowest BCUT2D eigenvalue weighted by molar-refractivity contribution is -0.111. The average molecular weight is 405 g/mol. The second-order valence-electron chi connectivity index (χ2n) is 5.61. The van der Waals surface area contributed by atoms with Gasteiger partial charge < -0.3 is 0 Å². The topological polar surface area (TPSA) is 76.1 Å². The lowest BCUT2D eigenvalue weighted by Crippen LogP contribution is -2.13. The molecule has 8 heteroatoms. The summed E-state index contributed by atoms with van der Waals surface area (Å²) in [5.41, 5.74) is 2.16. The first kappa shape index (κ1) is 18.5. The van der Waals surface area contributed by atoms with E-state index in [0.717, 1.165) is 16.7 Å². The van der Waals surface area contributed by atoms with Crippen LogP contribution in [0.25, 0.3) is 11.6 Å². The summed E-state index contributed by atoms with van der Waals surface area (Å²) in [5, 5.41) is 7.04. The van der Waals surface area contributed by atoms with Crippen LogP contribution in [-0.2, 0) is 14.6 Å². The van der Waals surface area contributed by atoms with Crippen LogP contribution in [0, 0.1) is 6.92 Å². The van der Waals surface area contributed by atoms with Crippen LogP contribution in [0.15, 0.2) is 52.2 Å². The molecule has 1 N–H and O–H groups in total. The van der Waals surface area contributed by atoms with Crippen LogP contribution in [0.3, 0.4) is 0 Å². The lowest BCUT2D eigenvalue weighted by Gasteiger charge is -2.09. The molecule has 0 atom stereocenters. The summed E-state index contributed by atoms with van der Waals surface area (Å²) in [7, 11) is -3.29. The molecule has 0 saturated carbocycles. The molecule has 0 aliphatic rings. The van der Waals surface area contributed by atoms with Gasteiger partial charge in [0.1, 0.15) is 0 Å². The van der Waals surface area contributed by atoms with Crippen molar-refractivity contribution in [1.82, 2.24) is 4.98 Å². The van der Waals surface area contributed by atoms with Crippen molar-refractivity contribution >= 4 is 55.2 Å². The first-order chi connectivity index (χ1) is 12.3. The van der Waals surface area contributed by atoms with Gasteiger partial charge in [-0.1, -0.05) is 12.1 Å². The van der Waals surface area contributed by atoms with Gasteiger partial charge in [-0.2, -0.15) is 0 Å². The number of rotatable bonds is 5. The highest BCUT2D eigenvalue weighted by molar-refractivity contribution is 7.90. The van der Waals surface area contributed by atoms with Crippen molar-refractivity contribution < 1.29 is 13.2 Å². The Bertz CT molecular complexity index is 1050. The maximum absolute atomic E-state index is 12.8. The molecule has 5 nitrogen and oxygen atoms in total. The number of aryl methyl sites for hydroxylation is 1. The third kappa shape index (κ3) is 4.27. The van der Waals surface area contributed by atoms with Crippen LogP contribution in [0.2, 0.25) is 0 Å². The molecule has 0 aliphatic carbocycles. The van der Waals surface area contributed by atoms with E-state index in [0.29, 0.717) is 16.3 Å². The Kier molecular flexibility index (Phi) is 5.36. The molecule has 26 heavy (non-hydrogen) atoms. The van der Waals surface area contributed by atoms with Gasteiger partial charge in [0.15, 0.2) is 15.0 Å². The smallest absolute Gasteiger partial charge is 0.258 e. The summed E-state index contributed by atoms with van der Waals surface area (Å²) in [6.45, 7) is 1.98. The van der Waals surface area contributed by atoms with Gasteiger partial charge in [-0.05, 0) is 47.7 Å². The van der Waals surface area contributed by atoms with E-state index in [1.807, 2.05) is 24.4 Å². The van der Waals surface area contributed by atoms with Crippen molar-refractivity contribution in [1.29, 1.82) is 0 Å². The standard InChI is InChI=1S/C18H16N2O3S3/c1-12-7-9-24-16(12)11-15(17(21)20-18-19-8-10-25-18)13-3-5-14(6-4-13)26(2,22)23/h3-11H,1-2H3,(H,19,20,21). The summed E-state index contributed by atoms with van der Waals surface area (Å²) in [6, 6.07) is 8.30. The Morgan fingerprint density at radius 3 is 2.38 bits per heavy atom. The summed E-state index contributed by atoms with van der Waals surface area (Å²) in [5.74, 6) is -0.292. The Labute approximate surface area is 160 Å². The van der Waals surface area contributed by atoms with Crippen molar-refractivity contribution in [2.45, 2.75) is 11.8 Å².